The van der Waals surface area contributed by atoms with Crippen molar-refractivity contribution in [3.63, 3.8) is 0 Å². The van der Waals surface area contributed by atoms with Crippen molar-refractivity contribution in [2.45, 2.75) is 53.5 Å². The van der Waals surface area contributed by atoms with Crippen molar-refractivity contribution in [2.24, 2.45) is 5.73 Å². The molecule has 2 aromatic rings. The lowest BCUT2D eigenvalue weighted by Crippen LogP contribution is -2.45. The third-order valence-corrected chi connectivity index (χ3v) is 4.93. The van der Waals surface area contributed by atoms with Gasteiger partial charge < -0.3 is 15.4 Å². The SMILES string of the molecule is CCC(N)(CN(C)C)c1cc(C)nc(Oc2c(C)cc(C)cc2C)c1C. The Morgan fingerprint density at radius 1 is 1.04 bits per heavy atom. The first kappa shape index (κ1) is 20.4. The standard InChI is InChI=1S/C22H33N3O/c1-9-22(23,13-25(7)8)19-12-17(5)24-21(18(19)6)26-20-15(3)10-14(2)11-16(20)4/h10-12H,9,13,23H2,1-8H3. The second kappa shape index (κ2) is 7.77. The molecule has 0 aliphatic heterocycles. The first-order valence-electron chi connectivity index (χ1n) is 9.25. The monoisotopic (exact) mass is 355 g/mol. The number of hydrogen-bond acceptors (Lipinski definition) is 4. The van der Waals surface area contributed by atoms with E-state index in [-0.39, 0.29) is 0 Å². The van der Waals surface area contributed by atoms with E-state index in [0.717, 1.165) is 46.7 Å². The Balaban J connectivity index is 2.54. The molecule has 0 spiro atoms. The number of aromatic nitrogens is 1. The summed E-state index contributed by atoms with van der Waals surface area (Å²) in [6.45, 7) is 13.2. The van der Waals surface area contributed by atoms with Crippen LogP contribution in [0.3, 0.4) is 0 Å². The molecule has 4 nitrogen and oxygen atoms in total. The summed E-state index contributed by atoms with van der Waals surface area (Å²) in [6, 6.07) is 6.38. The van der Waals surface area contributed by atoms with E-state index in [2.05, 4.69) is 76.8 Å². The molecule has 0 aliphatic rings. The van der Waals surface area contributed by atoms with Gasteiger partial charge in [-0.1, -0.05) is 24.6 Å². The second-order valence-corrected chi connectivity index (χ2v) is 7.82. The van der Waals surface area contributed by atoms with Gasteiger partial charge in [0.25, 0.3) is 0 Å². The smallest absolute Gasteiger partial charge is 0.222 e. The number of aryl methyl sites for hydroxylation is 4. The number of benzene rings is 1. The van der Waals surface area contributed by atoms with E-state index < -0.39 is 5.54 Å². The minimum absolute atomic E-state index is 0.434. The highest BCUT2D eigenvalue weighted by Gasteiger charge is 2.30. The van der Waals surface area contributed by atoms with Gasteiger partial charge in [0.1, 0.15) is 5.75 Å². The highest BCUT2D eigenvalue weighted by atomic mass is 16.5. The zero-order valence-corrected chi connectivity index (χ0v) is 17.5. The van der Waals surface area contributed by atoms with Crippen LogP contribution in [0.25, 0.3) is 0 Å². The molecule has 0 aliphatic carbocycles. The molecule has 1 aromatic carbocycles. The highest BCUT2D eigenvalue weighted by Crippen LogP contribution is 2.35. The average molecular weight is 356 g/mol. The fourth-order valence-corrected chi connectivity index (χ4v) is 3.70. The Hall–Kier alpha value is -1.91. The summed E-state index contributed by atoms with van der Waals surface area (Å²) in [6.07, 6.45) is 0.845. The molecule has 4 heteroatoms. The third-order valence-electron chi connectivity index (χ3n) is 4.93. The van der Waals surface area contributed by atoms with Crippen LogP contribution < -0.4 is 10.5 Å². The number of ether oxygens (including phenoxy) is 1. The lowest BCUT2D eigenvalue weighted by molar-refractivity contribution is 0.276. The Labute approximate surface area is 158 Å². The molecule has 142 valence electrons. The Bertz CT molecular complexity index is 775. The summed E-state index contributed by atoms with van der Waals surface area (Å²) in [5, 5.41) is 0. The third kappa shape index (κ3) is 4.25. The van der Waals surface area contributed by atoms with Crippen molar-refractivity contribution in [3.05, 3.63) is 51.7 Å². The van der Waals surface area contributed by atoms with Crippen molar-refractivity contribution in [1.29, 1.82) is 0 Å². The molecule has 1 atom stereocenters. The van der Waals surface area contributed by atoms with Crippen LogP contribution in [0.1, 0.15) is 46.9 Å². The van der Waals surface area contributed by atoms with Gasteiger partial charge in [0.2, 0.25) is 5.88 Å². The van der Waals surface area contributed by atoms with Crippen molar-refractivity contribution >= 4 is 0 Å². The topological polar surface area (TPSA) is 51.4 Å². The predicted molar refractivity (Wildman–Crippen MR) is 109 cm³/mol. The molecule has 2 rings (SSSR count). The Morgan fingerprint density at radius 2 is 1.62 bits per heavy atom. The van der Waals surface area contributed by atoms with E-state index >= 15 is 0 Å². The maximum absolute atomic E-state index is 6.81. The number of nitrogens with zero attached hydrogens (tertiary/aromatic N) is 2. The van der Waals surface area contributed by atoms with Crippen molar-refractivity contribution in [3.8, 4) is 11.6 Å². The zero-order valence-electron chi connectivity index (χ0n) is 17.5. The van der Waals surface area contributed by atoms with Crippen LogP contribution in [0, 0.1) is 34.6 Å². The minimum Gasteiger partial charge on any atom is -0.438 e. The van der Waals surface area contributed by atoms with Crippen molar-refractivity contribution < 1.29 is 4.74 Å². The Kier molecular flexibility index (Phi) is 6.09. The van der Waals surface area contributed by atoms with Gasteiger partial charge in [-0.25, -0.2) is 4.98 Å². The number of nitrogens with two attached hydrogens (primary N) is 1. The predicted octanol–water partition coefficient (Wildman–Crippen LogP) is 4.54. The molecule has 0 bridgehead atoms. The molecule has 1 heterocycles. The summed E-state index contributed by atoms with van der Waals surface area (Å²) < 4.78 is 6.31. The Morgan fingerprint density at radius 3 is 2.12 bits per heavy atom. The van der Waals surface area contributed by atoms with Gasteiger partial charge in [-0.2, -0.15) is 0 Å². The molecule has 0 fully saturated rings. The van der Waals surface area contributed by atoms with Gasteiger partial charge in [-0.05, 0) is 77.9 Å². The molecule has 1 unspecified atom stereocenters. The summed E-state index contributed by atoms with van der Waals surface area (Å²) in [5.41, 5.74) is 12.9. The van der Waals surface area contributed by atoms with E-state index in [9.17, 15) is 0 Å². The first-order valence-corrected chi connectivity index (χ1v) is 9.25. The maximum atomic E-state index is 6.81. The summed E-state index contributed by atoms with van der Waals surface area (Å²) in [7, 11) is 4.11. The maximum Gasteiger partial charge on any atom is 0.222 e. The van der Waals surface area contributed by atoms with Gasteiger partial charge in [0.15, 0.2) is 0 Å². The van der Waals surface area contributed by atoms with Gasteiger partial charge in [0, 0.05) is 17.8 Å². The fraction of sp³-hybridized carbons (Fsp3) is 0.500. The lowest BCUT2D eigenvalue weighted by atomic mass is 9.85. The van der Waals surface area contributed by atoms with Crippen LogP contribution in [0.4, 0.5) is 0 Å². The fourth-order valence-electron chi connectivity index (χ4n) is 3.70. The number of rotatable bonds is 6. The second-order valence-electron chi connectivity index (χ2n) is 7.82. The first-order chi connectivity index (χ1) is 12.1. The van der Waals surface area contributed by atoms with E-state index in [1.54, 1.807) is 0 Å². The minimum atomic E-state index is -0.434. The summed E-state index contributed by atoms with van der Waals surface area (Å²) in [4.78, 5) is 6.80. The van der Waals surface area contributed by atoms with E-state index in [1.807, 2.05) is 6.92 Å². The summed E-state index contributed by atoms with van der Waals surface area (Å²) >= 11 is 0. The van der Waals surface area contributed by atoms with Crippen LogP contribution >= 0.6 is 0 Å². The van der Waals surface area contributed by atoms with Crippen LogP contribution in [0.15, 0.2) is 18.2 Å². The van der Waals surface area contributed by atoms with Gasteiger partial charge >= 0.3 is 0 Å². The quantitative estimate of drug-likeness (QED) is 0.826. The van der Waals surface area contributed by atoms with Crippen LogP contribution in [0.2, 0.25) is 0 Å². The molecule has 1 aromatic heterocycles. The van der Waals surface area contributed by atoms with Crippen LogP contribution in [-0.2, 0) is 5.54 Å². The zero-order chi connectivity index (χ0) is 19.6. The van der Waals surface area contributed by atoms with E-state index in [0.29, 0.717) is 5.88 Å². The molecule has 26 heavy (non-hydrogen) atoms. The normalized spacial score (nSPS) is 13.8. The molecule has 0 saturated heterocycles. The molecule has 0 radical (unpaired) electrons. The molecular weight excluding hydrogens is 322 g/mol. The van der Waals surface area contributed by atoms with Gasteiger partial charge in [-0.3, -0.25) is 0 Å². The van der Waals surface area contributed by atoms with Gasteiger partial charge in [-0.15, -0.1) is 0 Å². The van der Waals surface area contributed by atoms with Gasteiger partial charge in [0.05, 0.1) is 5.54 Å². The molecule has 2 N–H and O–H groups in total. The summed E-state index contributed by atoms with van der Waals surface area (Å²) in [5.74, 6) is 1.53. The molecular formula is C22H33N3O. The van der Waals surface area contributed by atoms with Crippen molar-refractivity contribution in [2.75, 3.05) is 20.6 Å². The molecule has 0 amide bonds. The van der Waals surface area contributed by atoms with E-state index in [1.165, 1.54) is 5.56 Å². The molecule has 0 saturated carbocycles. The number of likely N-dealkylation sites (N-methyl/N-ethyl adjacent to an activating group) is 1. The average Bonchev–Trinajstić information content (AvgIpc) is 2.52. The van der Waals surface area contributed by atoms with Crippen molar-refractivity contribution in [1.82, 2.24) is 9.88 Å². The number of pyridine rings is 1. The van der Waals surface area contributed by atoms with Crippen LogP contribution in [0.5, 0.6) is 11.6 Å². The highest BCUT2D eigenvalue weighted by molar-refractivity contribution is 5.48. The van der Waals surface area contributed by atoms with Crippen LogP contribution in [-0.4, -0.2) is 30.5 Å². The van der Waals surface area contributed by atoms with E-state index in [4.69, 9.17) is 10.5 Å². The number of hydrogen-bond donors (Lipinski definition) is 1. The largest absolute Gasteiger partial charge is 0.438 e. The lowest BCUT2D eigenvalue weighted by Gasteiger charge is -2.33.